The molecule has 110 valence electrons. The quantitative estimate of drug-likeness (QED) is 0.494. The SMILES string of the molecule is c1ccc(-c2nnc3sc(-c4cccn5nnnc45)nn23)cc1. The zero-order chi connectivity index (χ0) is 15.2. The van der Waals surface area contributed by atoms with Gasteiger partial charge in [0.25, 0.3) is 0 Å². The molecule has 0 spiro atoms. The van der Waals surface area contributed by atoms with Crippen LogP contribution < -0.4 is 0 Å². The van der Waals surface area contributed by atoms with Crippen LogP contribution in [0.5, 0.6) is 0 Å². The minimum absolute atomic E-state index is 0.665. The zero-order valence-electron chi connectivity index (χ0n) is 11.6. The second-order valence-corrected chi connectivity index (χ2v) is 5.82. The average molecular weight is 320 g/mol. The van der Waals surface area contributed by atoms with Crippen LogP contribution in [-0.4, -0.2) is 39.9 Å². The van der Waals surface area contributed by atoms with Crippen LogP contribution in [0.4, 0.5) is 0 Å². The lowest BCUT2D eigenvalue weighted by Crippen LogP contribution is -1.92. The largest absolute Gasteiger partial charge is 0.235 e. The van der Waals surface area contributed by atoms with Crippen LogP contribution >= 0.6 is 11.3 Å². The van der Waals surface area contributed by atoms with Gasteiger partial charge in [0.15, 0.2) is 16.5 Å². The van der Waals surface area contributed by atoms with E-state index in [1.165, 1.54) is 11.3 Å². The summed E-state index contributed by atoms with van der Waals surface area (Å²) in [5.74, 6) is 0.717. The van der Waals surface area contributed by atoms with Crippen molar-refractivity contribution in [1.29, 1.82) is 0 Å². The molecule has 8 nitrogen and oxygen atoms in total. The van der Waals surface area contributed by atoms with E-state index >= 15 is 0 Å². The summed E-state index contributed by atoms with van der Waals surface area (Å²) in [7, 11) is 0. The first kappa shape index (κ1) is 12.4. The van der Waals surface area contributed by atoms with E-state index in [1.807, 2.05) is 42.5 Å². The van der Waals surface area contributed by atoms with Crippen LogP contribution in [0.2, 0.25) is 0 Å². The predicted octanol–water partition coefficient (Wildman–Crippen LogP) is 1.96. The first-order chi connectivity index (χ1) is 11.4. The molecule has 9 heteroatoms. The van der Waals surface area contributed by atoms with Crippen LogP contribution in [0.3, 0.4) is 0 Å². The molecule has 5 aromatic rings. The van der Waals surface area contributed by atoms with Crippen LogP contribution in [0, 0.1) is 0 Å². The highest BCUT2D eigenvalue weighted by atomic mass is 32.1. The van der Waals surface area contributed by atoms with Crippen LogP contribution in [-0.2, 0) is 0 Å². The highest BCUT2D eigenvalue weighted by Gasteiger charge is 2.16. The first-order valence-corrected chi connectivity index (χ1v) is 7.66. The van der Waals surface area contributed by atoms with E-state index in [2.05, 4.69) is 30.8 Å². The molecule has 4 heterocycles. The maximum atomic E-state index is 4.65. The average Bonchev–Trinajstić information content (AvgIpc) is 3.30. The van der Waals surface area contributed by atoms with Gasteiger partial charge in [-0.2, -0.15) is 14.1 Å². The van der Waals surface area contributed by atoms with Gasteiger partial charge in [-0.25, -0.2) is 0 Å². The van der Waals surface area contributed by atoms with Gasteiger partial charge in [-0.1, -0.05) is 41.7 Å². The van der Waals surface area contributed by atoms with E-state index in [-0.39, 0.29) is 0 Å². The van der Waals surface area contributed by atoms with Gasteiger partial charge in [0.05, 0.1) is 5.56 Å². The molecule has 0 radical (unpaired) electrons. The topological polar surface area (TPSA) is 86.2 Å². The van der Waals surface area contributed by atoms with E-state index in [9.17, 15) is 0 Å². The molecular formula is C14H8N8S. The maximum Gasteiger partial charge on any atom is 0.235 e. The van der Waals surface area contributed by atoms with Gasteiger partial charge in [-0.3, -0.25) is 0 Å². The smallest absolute Gasteiger partial charge is 0.200 e. The lowest BCUT2D eigenvalue weighted by atomic mass is 10.2. The van der Waals surface area contributed by atoms with Crippen molar-refractivity contribution >= 4 is 21.9 Å². The number of fused-ring (bicyclic) bond motifs is 2. The number of pyridine rings is 1. The second-order valence-electron chi connectivity index (χ2n) is 4.86. The van der Waals surface area contributed by atoms with E-state index < -0.39 is 0 Å². The van der Waals surface area contributed by atoms with Crippen molar-refractivity contribution in [2.24, 2.45) is 0 Å². The number of hydrogen-bond acceptors (Lipinski definition) is 7. The number of benzene rings is 1. The van der Waals surface area contributed by atoms with E-state index in [0.29, 0.717) is 5.65 Å². The summed E-state index contributed by atoms with van der Waals surface area (Å²) in [5, 5.41) is 25.6. The van der Waals surface area contributed by atoms with Crippen LogP contribution in [0.25, 0.3) is 32.6 Å². The molecule has 0 fully saturated rings. The van der Waals surface area contributed by atoms with Gasteiger partial charge in [-0.15, -0.1) is 15.3 Å². The monoisotopic (exact) mass is 320 g/mol. The normalized spacial score (nSPS) is 11.5. The zero-order valence-corrected chi connectivity index (χ0v) is 12.4. The van der Waals surface area contributed by atoms with Crippen molar-refractivity contribution in [2.75, 3.05) is 0 Å². The first-order valence-electron chi connectivity index (χ1n) is 6.85. The standard InChI is InChI=1S/C14H8N8S/c1-2-5-9(6-3-1)11-15-17-14-22(11)18-13(23-14)10-7-4-8-21-12(10)16-19-20-21/h1-8H. The third-order valence-electron chi connectivity index (χ3n) is 3.48. The molecule has 0 aliphatic rings. The molecule has 0 N–H and O–H groups in total. The maximum absolute atomic E-state index is 4.65. The van der Waals surface area contributed by atoms with Gasteiger partial charge >= 0.3 is 0 Å². The van der Waals surface area contributed by atoms with E-state index in [0.717, 1.165) is 26.9 Å². The number of rotatable bonds is 2. The molecule has 0 saturated heterocycles. The Morgan fingerprint density at radius 1 is 0.913 bits per heavy atom. The number of tetrazole rings is 1. The molecule has 0 unspecified atom stereocenters. The lowest BCUT2D eigenvalue weighted by Gasteiger charge is -1.97. The van der Waals surface area contributed by atoms with Gasteiger partial charge in [0.1, 0.15) is 0 Å². The predicted molar refractivity (Wildman–Crippen MR) is 83.9 cm³/mol. The van der Waals surface area contributed by atoms with E-state index in [4.69, 9.17) is 0 Å². The fraction of sp³-hybridized carbons (Fsp3) is 0. The molecular weight excluding hydrogens is 312 g/mol. The fourth-order valence-electron chi connectivity index (χ4n) is 2.43. The fourth-order valence-corrected chi connectivity index (χ4v) is 3.29. The Bertz CT molecular complexity index is 1120. The van der Waals surface area contributed by atoms with Crippen molar-refractivity contribution in [1.82, 2.24) is 39.9 Å². The Balaban J connectivity index is 1.73. The highest BCUT2D eigenvalue weighted by Crippen LogP contribution is 2.29. The Morgan fingerprint density at radius 2 is 1.83 bits per heavy atom. The van der Waals surface area contributed by atoms with Gasteiger partial charge in [-0.05, 0) is 22.6 Å². The lowest BCUT2D eigenvalue weighted by molar-refractivity contribution is 0.823. The van der Waals surface area contributed by atoms with Crippen LogP contribution in [0.1, 0.15) is 0 Å². The van der Waals surface area contributed by atoms with Crippen molar-refractivity contribution in [3.8, 4) is 22.0 Å². The summed E-state index contributed by atoms with van der Waals surface area (Å²) >= 11 is 1.45. The highest BCUT2D eigenvalue weighted by molar-refractivity contribution is 7.19. The molecule has 0 saturated carbocycles. The molecule has 23 heavy (non-hydrogen) atoms. The third-order valence-corrected chi connectivity index (χ3v) is 4.41. The number of hydrogen-bond donors (Lipinski definition) is 0. The van der Waals surface area contributed by atoms with Crippen LogP contribution in [0.15, 0.2) is 48.7 Å². The van der Waals surface area contributed by atoms with Gasteiger partial charge in [0, 0.05) is 11.8 Å². The van der Waals surface area contributed by atoms with Gasteiger partial charge < -0.3 is 0 Å². The summed E-state index contributed by atoms with van der Waals surface area (Å²) in [6.45, 7) is 0. The minimum Gasteiger partial charge on any atom is -0.200 e. The number of aromatic nitrogens is 8. The Morgan fingerprint density at radius 3 is 2.74 bits per heavy atom. The van der Waals surface area contributed by atoms with Crippen molar-refractivity contribution < 1.29 is 0 Å². The molecule has 5 rings (SSSR count). The second kappa shape index (κ2) is 4.65. The Kier molecular flexibility index (Phi) is 2.50. The molecule has 0 atom stereocenters. The van der Waals surface area contributed by atoms with Crippen molar-refractivity contribution in [3.63, 3.8) is 0 Å². The summed E-state index contributed by atoms with van der Waals surface area (Å²) in [5.41, 5.74) is 2.50. The van der Waals surface area contributed by atoms with Crippen molar-refractivity contribution in [2.45, 2.75) is 0 Å². The third kappa shape index (κ3) is 1.83. The molecule has 0 aliphatic carbocycles. The molecule has 0 aliphatic heterocycles. The van der Waals surface area contributed by atoms with E-state index in [1.54, 1.807) is 15.2 Å². The Labute approximate surface area is 133 Å². The summed E-state index contributed by atoms with van der Waals surface area (Å²) in [4.78, 5) is 0.730. The molecule has 0 bridgehead atoms. The minimum atomic E-state index is 0.665. The number of nitrogens with zero attached hydrogens (tertiary/aromatic N) is 8. The summed E-state index contributed by atoms with van der Waals surface area (Å²) in [6.07, 6.45) is 1.80. The summed E-state index contributed by atoms with van der Waals surface area (Å²) in [6, 6.07) is 13.7. The Hall–Kier alpha value is -3.20. The summed E-state index contributed by atoms with van der Waals surface area (Å²) < 4.78 is 3.37. The molecule has 0 amide bonds. The van der Waals surface area contributed by atoms with Crippen molar-refractivity contribution in [3.05, 3.63) is 48.7 Å². The molecule has 1 aromatic carbocycles. The van der Waals surface area contributed by atoms with Gasteiger partial charge in [0.2, 0.25) is 4.96 Å². The molecule has 4 aromatic heterocycles.